The van der Waals surface area contributed by atoms with Crippen LogP contribution in [0.15, 0.2) is 0 Å². The van der Waals surface area contributed by atoms with E-state index < -0.39 is 0 Å². The van der Waals surface area contributed by atoms with Crippen molar-refractivity contribution in [2.24, 2.45) is 5.92 Å². The molecule has 0 spiro atoms. The summed E-state index contributed by atoms with van der Waals surface area (Å²) in [6.07, 6.45) is 6.44. The van der Waals surface area contributed by atoms with Gasteiger partial charge in [0, 0.05) is 0 Å². The summed E-state index contributed by atoms with van der Waals surface area (Å²) in [7, 11) is 0. The monoisotopic (exact) mass is 218 g/mol. The Kier molecular flexibility index (Phi) is 3.57. The molecule has 0 aromatic carbocycles. The van der Waals surface area contributed by atoms with Gasteiger partial charge in [0.25, 0.3) is 0 Å². The van der Waals surface area contributed by atoms with E-state index in [4.69, 9.17) is 0 Å². The van der Waals surface area contributed by atoms with Gasteiger partial charge in [0.15, 0.2) is 0 Å². The Morgan fingerprint density at radius 1 is 1.55 bits per heavy atom. The molecule has 1 saturated carbocycles. The molecule has 0 aromatic heterocycles. The lowest BCUT2D eigenvalue weighted by Gasteiger charge is -2.11. The van der Waals surface area contributed by atoms with Gasteiger partial charge < -0.3 is 0 Å². The first kappa shape index (κ1) is 9.24. The molecule has 2 heteroatoms. The zero-order chi connectivity index (χ0) is 8.27. The molecule has 0 bridgehead atoms. The van der Waals surface area contributed by atoms with Crippen LogP contribution in [0.3, 0.4) is 0 Å². The third-order valence-corrected chi connectivity index (χ3v) is 3.47. The van der Waals surface area contributed by atoms with Crippen LogP contribution >= 0.6 is 15.9 Å². The number of halogens is 1. The highest BCUT2D eigenvalue weighted by atomic mass is 79.9. The summed E-state index contributed by atoms with van der Waals surface area (Å²) in [5.41, 5.74) is 0. The van der Waals surface area contributed by atoms with Gasteiger partial charge >= 0.3 is 0 Å². The van der Waals surface area contributed by atoms with Gasteiger partial charge in [-0.1, -0.05) is 41.6 Å². The van der Waals surface area contributed by atoms with Crippen molar-refractivity contribution in [2.75, 3.05) is 0 Å². The van der Waals surface area contributed by atoms with Crippen molar-refractivity contribution in [2.45, 2.75) is 43.9 Å². The number of Topliss-reactive ketones (excluding diaryl/α,β-unsaturated/α-hetero) is 1. The molecule has 1 nitrogen and oxygen atoms in total. The van der Waals surface area contributed by atoms with Crippen molar-refractivity contribution in [3.63, 3.8) is 0 Å². The Morgan fingerprint density at radius 2 is 2.09 bits per heavy atom. The van der Waals surface area contributed by atoms with E-state index in [2.05, 4.69) is 15.9 Å². The standard InChI is InChI=1S/C9H15BrO/c1-7(11)9(10)6-8-4-2-3-5-8/h8-9H,2-6H2,1H3. The number of hydrogen-bond acceptors (Lipinski definition) is 1. The molecule has 0 saturated heterocycles. The Morgan fingerprint density at radius 3 is 2.55 bits per heavy atom. The number of ketones is 1. The Balaban J connectivity index is 2.23. The van der Waals surface area contributed by atoms with E-state index in [9.17, 15) is 4.79 Å². The molecular weight excluding hydrogens is 204 g/mol. The number of rotatable bonds is 3. The molecule has 0 aromatic rings. The van der Waals surface area contributed by atoms with Crippen molar-refractivity contribution in [1.82, 2.24) is 0 Å². The highest BCUT2D eigenvalue weighted by Gasteiger charge is 2.20. The summed E-state index contributed by atoms with van der Waals surface area (Å²) in [6.45, 7) is 1.66. The van der Waals surface area contributed by atoms with E-state index in [0.717, 1.165) is 12.3 Å². The maximum atomic E-state index is 10.9. The van der Waals surface area contributed by atoms with Gasteiger partial charge in [0.2, 0.25) is 0 Å². The highest BCUT2D eigenvalue weighted by Crippen LogP contribution is 2.30. The molecule has 64 valence electrons. The molecule has 0 amide bonds. The summed E-state index contributed by atoms with van der Waals surface area (Å²) in [6, 6.07) is 0. The van der Waals surface area contributed by atoms with Gasteiger partial charge in [0.1, 0.15) is 5.78 Å². The van der Waals surface area contributed by atoms with Crippen molar-refractivity contribution in [1.29, 1.82) is 0 Å². The van der Waals surface area contributed by atoms with E-state index in [1.807, 2.05) is 0 Å². The molecule has 1 aliphatic rings. The summed E-state index contributed by atoms with van der Waals surface area (Å²) in [4.78, 5) is 11.0. The summed E-state index contributed by atoms with van der Waals surface area (Å²) < 4.78 is 0. The first-order valence-electron chi connectivity index (χ1n) is 4.34. The fourth-order valence-corrected chi connectivity index (χ4v) is 2.23. The zero-order valence-corrected chi connectivity index (χ0v) is 8.56. The first-order chi connectivity index (χ1) is 5.20. The fraction of sp³-hybridized carbons (Fsp3) is 0.889. The topological polar surface area (TPSA) is 17.1 Å². The normalized spacial score (nSPS) is 22.0. The Labute approximate surface area is 76.7 Å². The molecule has 1 fully saturated rings. The van der Waals surface area contributed by atoms with E-state index >= 15 is 0 Å². The molecular formula is C9H15BrO. The summed E-state index contributed by atoms with van der Waals surface area (Å²) >= 11 is 3.40. The predicted molar refractivity (Wildman–Crippen MR) is 50.0 cm³/mol. The quantitative estimate of drug-likeness (QED) is 0.667. The maximum absolute atomic E-state index is 10.9. The van der Waals surface area contributed by atoms with Gasteiger partial charge in [-0.25, -0.2) is 0 Å². The molecule has 0 radical (unpaired) electrons. The number of alkyl halides is 1. The number of carbonyl (C=O) groups excluding carboxylic acids is 1. The molecule has 1 unspecified atom stereocenters. The van der Waals surface area contributed by atoms with Crippen molar-refractivity contribution in [3.8, 4) is 0 Å². The van der Waals surface area contributed by atoms with Crippen LogP contribution in [-0.2, 0) is 4.79 Å². The fourth-order valence-electron chi connectivity index (χ4n) is 1.70. The second kappa shape index (κ2) is 4.24. The minimum absolute atomic E-state index is 0.116. The van der Waals surface area contributed by atoms with Crippen LogP contribution in [0.5, 0.6) is 0 Å². The van der Waals surface area contributed by atoms with E-state index in [0.29, 0.717) is 0 Å². The molecule has 1 rings (SSSR count). The average Bonchev–Trinajstić information content (AvgIpc) is 2.39. The Bertz CT molecular complexity index is 138. The van der Waals surface area contributed by atoms with Gasteiger partial charge in [-0.05, 0) is 19.3 Å². The highest BCUT2D eigenvalue weighted by molar-refractivity contribution is 9.10. The lowest BCUT2D eigenvalue weighted by atomic mass is 10.0. The van der Waals surface area contributed by atoms with Gasteiger partial charge in [-0.15, -0.1) is 0 Å². The first-order valence-corrected chi connectivity index (χ1v) is 5.26. The lowest BCUT2D eigenvalue weighted by molar-refractivity contribution is -0.116. The minimum atomic E-state index is 0.116. The van der Waals surface area contributed by atoms with Crippen LogP contribution in [0.2, 0.25) is 0 Å². The Hall–Kier alpha value is 0.150. The molecule has 0 N–H and O–H groups in total. The van der Waals surface area contributed by atoms with Gasteiger partial charge in [-0.2, -0.15) is 0 Å². The van der Waals surface area contributed by atoms with Gasteiger partial charge in [-0.3, -0.25) is 4.79 Å². The number of carbonyl (C=O) groups is 1. The third kappa shape index (κ3) is 2.94. The molecule has 1 aliphatic carbocycles. The van der Waals surface area contributed by atoms with Crippen LogP contribution in [0.4, 0.5) is 0 Å². The number of hydrogen-bond donors (Lipinski definition) is 0. The van der Waals surface area contributed by atoms with Crippen LogP contribution in [0, 0.1) is 5.92 Å². The summed E-state index contributed by atoms with van der Waals surface area (Å²) in [5.74, 6) is 1.08. The van der Waals surface area contributed by atoms with Crippen molar-refractivity contribution in [3.05, 3.63) is 0 Å². The smallest absolute Gasteiger partial charge is 0.143 e. The lowest BCUT2D eigenvalue weighted by Crippen LogP contribution is -2.13. The molecule has 1 atom stereocenters. The average molecular weight is 219 g/mol. The van der Waals surface area contributed by atoms with Crippen LogP contribution in [-0.4, -0.2) is 10.6 Å². The van der Waals surface area contributed by atoms with Crippen LogP contribution in [0.25, 0.3) is 0 Å². The minimum Gasteiger partial charge on any atom is -0.299 e. The second-order valence-corrected chi connectivity index (χ2v) is 4.57. The van der Waals surface area contributed by atoms with E-state index in [-0.39, 0.29) is 10.6 Å². The van der Waals surface area contributed by atoms with Crippen molar-refractivity contribution >= 4 is 21.7 Å². The van der Waals surface area contributed by atoms with E-state index in [1.165, 1.54) is 25.7 Å². The molecule has 11 heavy (non-hydrogen) atoms. The second-order valence-electron chi connectivity index (χ2n) is 3.46. The predicted octanol–water partition coefficient (Wildman–Crippen LogP) is 2.92. The van der Waals surface area contributed by atoms with Crippen molar-refractivity contribution < 1.29 is 4.79 Å². The summed E-state index contributed by atoms with van der Waals surface area (Å²) in [5, 5.41) is 0. The molecule has 0 aliphatic heterocycles. The SMILES string of the molecule is CC(=O)C(Br)CC1CCCC1. The van der Waals surface area contributed by atoms with Crippen LogP contribution < -0.4 is 0 Å². The van der Waals surface area contributed by atoms with Crippen LogP contribution in [0.1, 0.15) is 39.0 Å². The largest absolute Gasteiger partial charge is 0.299 e. The van der Waals surface area contributed by atoms with Gasteiger partial charge in [0.05, 0.1) is 4.83 Å². The zero-order valence-electron chi connectivity index (χ0n) is 6.98. The third-order valence-electron chi connectivity index (χ3n) is 2.46. The van der Waals surface area contributed by atoms with E-state index in [1.54, 1.807) is 6.92 Å². The maximum Gasteiger partial charge on any atom is 0.143 e. The molecule has 0 heterocycles.